The molecular weight excluding hydrogens is 278 g/mol. The standard InChI is InChI=1S/C17H23N3S/c1-12-4-6-15(7-5-12)17-19-13(2)16(21-17)14(3)20-10-8-18-9-11-20/h4-7,14,18H,8-11H2,1-3H3. The minimum absolute atomic E-state index is 0.462. The summed E-state index contributed by atoms with van der Waals surface area (Å²) in [7, 11) is 0. The van der Waals surface area contributed by atoms with Gasteiger partial charge in [0, 0.05) is 42.7 Å². The Labute approximate surface area is 131 Å². The van der Waals surface area contributed by atoms with E-state index in [-0.39, 0.29) is 0 Å². The first-order chi connectivity index (χ1) is 10.1. The molecule has 4 heteroatoms. The van der Waals surface area contributed by atoms with Crippen molar-refractivity contribution in [3.05, 3.63) is 40.4 Å². The molecule has 0 radical (unpaired) electrons. The van der Waals surface area contributed by atoms with Gasteiger partial charge in [-0.3, -0.25) is 4.90 Å². The van der Waals surface area contributed by atoms with Gasteiger partial charge in [-0.05, 0) is 20.8 Å². The molecular formula is C17H23N3S. The summed E-state index contributed by atoms with van der Waals surface area (Å²) in [6.45, 7) is 11.0. The number of aromatic nitrogens is 1. The molecule has 112 valence electrons. The van der Waals surface area contributed by atoms with Gasteiger partial charge in [0.25, 0.3) is 0 Å². The van der Waals surface area contributed by atoms with Gasteiger partial charge in [-0.1, -0.05) is 29.8 Å². The average Bonchev–Trinajstić information content (AvgIpc) is 2.90. The number of hydrogen-bond donors (Lipinski definition) is 1. The van der Waals surface area contributed by atoms with E-state index in [9.17, 15) is 0 Å². The number of nitrogens with zero attached hydrogens (tertiary/aromatic N) is 2. The van der Waals surface area contributed by atoms with Gasteiger partial charge in [0.15, 0.2) is 0 Å². The lowest BCUT2D eigenvalue weighted by Gasteiger charge is -2.32. The van der Waals surface area contributed by atoms with Crippen molar-refractivity contribution in [1.82, 2.24) is 15.2 Å². The minimum atomic E-state index is 0.462. The summed E-state index contributed by atoms with van der Waals surface area (Å²) >= 11 is 1.85. The summed E-state index contributed by atoms with van der Waals surface area (Å²) in [5.41, 5.74) is 3.70. The second-order valence-corrected chi connectivity index (χ2v) is 6.83. The van der Waals surface area contributed by atoms with Crippen molar-refractivity contribution in [2.75, 3.05) is 26.2 Å². The zero-order valence-corrected chi connectivity index (χ0v) is 13.8. The lowest BCUT2D eigenvalue weighted by molar-refractivity contribution is 0.187. The van der Waals surface area contributed by atoms with Crippen LogP contribution in [-0.2, 0) is 0 Å². The van der Waals surface area contributed by atoms with Gasteiger partial charge in [0.2, 0.25) is 0 Å². The maximum atomic E-state index is 4.80. The molecule has 1 saturated heterocycles. The van der Waals surface area contributed by atoms with Crippen LogP contribution in [0.4, 0.5) is 0 Å². The molecule has 1 unspecified atom stereocenters. The molecule has 1 aliphatic rings. The maximum Gasteiger partial charge on any atom is 0.123 e. The Hall–Kier alpha value is -1.23. The highest BCUT2D eigenvalue weighted by Crippen LogP contribution is 2.34. The molecule has 0 bridgehead atoms. The van der Waals surface area contributed by atoms with Gasteiger partial charge in [-0.2, -0.15) is 0 Å². The van der Waals surface area contributed by atoms with Crippen LogP contribution in [0, 0.1) is 13.8 Å². The quantitative estimate of drug-likeness (QED) is 0.942. The van der Waals surface area contributed by atoms with Crippen molar-refractivity contribution in [2.24, 2.45) is 0 Å². The lowest BCUT2D eigenvalue weighted by atomic mass is 10.1. The third-order valence-electron chi connectivity index (χ3n) is 4.21. The fourth-order valence-electron chi connectivity index (χ4n) is 2.85. The summed E-state index contributed by atoms with van der Waals surface area (Å²) in [4.78, 5) is 8.76. The van der Waals surface area contributed by atoms with Gasteiger partial charge in [0.1, 0.15) is 5.01 Å². The highest BCUT2D eigenvalue weighted by molar-refractivity contribution is 7.15. The molecule has 1 aromatic heterocycles. The van der Waals surface area contributed by atoms with Crippen LogP contribution in [-0.4, -0.2) is 36.1 Å². The van der Waals surface area contributed by atoms with Gasteiger partial charge < -0.3 is 5.32 Å². The van der Waals surface area contributed by atoms with E-state index in [0.29, 0.717) is 6.04 Å². The Morgan fingerprint density at radius 1 is 1.14 bits per heavy atom. The number of rotatable bonds is 3. The predicted octanol–water partition coefficient (Wildman–Crippen LogP) is 3.39. The second-order valence-electron chi connectivity index (χ2n) is 5.80. The van der Waals surface area contributed by atoms with E-state index >= 15 is 0 Å². The molecule has 0 aliphatic carbocycles. The highest BCUT2D eigenvalue weighted by Gasteiger charge is 2.22. The average molecular weight is 301 g/mol. The van der Waals surface area contributed by atoms with Gasteiger partial charge in [-0.25, -0.2) is 4.98 Å². The van der Waals surface area contributed by atoms with E-state index in [1.165, 1.54) is 21.7 Å². The van der Waals surface area contributed by atoms with Gasteiger partial charge >= 0.3 is 0 Å². The van der Waals surface area contributed by atoms with Crippen molar-refractivity contribution in [2.45, 2.75) is 26.8 Å². The predicted molar refractivity (Wildman–Crippen MR) is 89.9 cm³/mol. The topological polar surface area (TPSA) is 28.2 Å². The summed E-state index contributed by atoms with van der Waals surface area (Å²) in [6.07, 6.45) is 0. The SMILES string of the molecule is Cc1ccc(-c2nc(C)c(C(C)N3CCNCC3)s2)cc1. The monoisotopic (exact) mass is 301 g/mol. The fraction of sp³-hybridized carbons (Fsp3) is 0.471. The van der Waals surface area contributed by atoms with Crippen molar-refractivity contribution in [3.63, 3.8) is 0 Å². The van der Waals surface area contributed by atoms with Crippen molar-refractivity contribution < 1.29 is 0 Å². The number of piperazine rings is 1. The summed E-state index contributed by atoms with van der Waals surface area (Å²) in [5.74, 6) is 0. The summed E-state index contributed by atoms with van der Waals surface area (Å²) < 4.78 is 0. The molecule has 0 amide bonds. The molecule has 1 fully saturated rings. The molecule has 1 aliphatic heterocycles. The van der Waals surface area contributed by atoms with Gasteiger partial charge in [0.05, 0.1) is 5.69 Å². The molecule has 1 aromatic carbocycles. The molecule has 0 spiro atoms. The fourth-order valence-corrected chi connectivity index (χ4v) is 4.01. The Kier molecular flexibility index (Phi) is 4.38. The lowest BCUT2D eigenvalue weighted by Crippen LogP contribution is -2.44. The molecule has 2 aromatic rings. The first kappa shape index (κ1) is 14.7. The molecule has 1 atom stereocenters. The van der Waals surface area contributed by atoms with Crippen LogP contribution in [0.15, 0.2) is 24.3 Å². The Balaban J connectivity index is 1.85. The Bertz CT molecular complexity index is 597. The minimum Gasteiger partial charge on any atom is -0.314 e. The zero-order valence-electron chi connectivity index (χ0n) is 13.0. The third-order valence-corrected chi connectivity index (χ3v) is 5.59. The first-order valence-electron chi connectivity index (χ1n) is 7.64. The van der Waals surface area contributed by atoms with E-state index in [1.807, 2.05) is 11.3 Å². The van der Waals surface area contributed by atoms with E-state index in [4.69, 9.17) is 4.98 Å². The maximum absolute atomic E-state index is 4.80. The van der Waals surface area contributed by atoms with Crippen LogP contribution in [0.2, 0.25) is 0 Å². The van der Waals surface area contributed by atoms with Crippen LogP contribution < -0.4 is 5.32 Å². The van der Waals surface area contributed by atoms with Crippen molar-refractivity contribution in [1.29, 1.82) is 0 Å². The number of aryl methyl sites for hydroxylation is 2. The van der Waals surface area contributed by atoms with Crippen molar-refractivity contribution >= 4 is 11.3 Å². The Morgan fingerprint density at radius 2 is 1.81 bits per heavy atom. The van der Waals surface area contributed by atoms with Crippen LogP contribution in [0.1, 0.15) is 29.1 Å². The highest BCUT2D eigenvalue weighted by atomic mass is 32.1. The number of hydrogen-bond acceptors (Lipinski definition) is 4. The first-order valence-corrected chi connectivity index (χ1v) is 8.46. The van der Waals surface area contributed by atoms with Crippen LogP contribution >= 0.6 is 11.3 Å². The van der Waals surface area contributed by atoms with E-state index < -0.39 is 0 Å². The van der Waals surface area contributed by atoms with Gasteiger partial charge in [-0.15, -0.1) is 11.3 Å². The third kappa shape index (κ3) is 3.18. The van der Waals surface area contributed by atoms with E-state index in [1.54, 1.807) is 0 Å². The van der Waals surface area contributed by atoms with Crippen LogP contribution in [0.3, 0.4) is 0 Å². The number of nitrogens with one attached hydrogen (secondary N) is 1. The van der Waals surface area contributed by atoms with Crippen LogP contribution in [0.25, 0.3) is 10.6 Å². The molecule has 3 rings (SSSR count). The van der Waals surface area contributed by atoms with E-state index in [2.05, 4.69) is 55.3 Å². The van der Waals surface area contributed by atoms with Crippen molar-refractivity contribution in [3.8, 4) is 10.6 Å². The smallest absolute Gasteiger partial charge is 0.123 e. The zero-order chi connectivity index (χ0) is 14.8. The molecule has 2 heterocycles. The molecule has 3 nitrogen and oxygen atoms in total. The molecule has 0 saturated carbocycles. The molecule has 1 N–H and O–H groups in total. The largest absolute Gasteiger partial charge is 0.314 e. The van der Waals surface area contributed by atoms with E-state index in [0.717, 1.165) is 31.2 Å². The second kappa shape index (κ2) is 6.26. The van der Waals surface area contributed by atoms with Crippen LogP contribution in [0.5, 0.6) is 0 Å². The number of benzene rings is 1. The summed E-state index contributed by atoms with van der Waals surface area (Å²) in [6, 6.07) is 9.13. The Morgan fingerprint density at radius 3 is 2.48 bits per heavy atom. The molecule has 21 heavy (non-hydrogen) atoms. The normalized spacial score (nSPS) is 17.9. The number of thiazole rings is 1. The summed E-state index contributed by atoms with van der Waals surface area (Å²) in [5, 5.41) is 4.56.